The number of nitrogens with zero attached hydrogens (tertiary/aromatic N) is 1. The average Bonchev–Trinajstić information content (AvgIpc) is 2.74. The maximum Gasteiger partial charge on any atom is 0.271 e. The number of rotatable bonds is 6. The highest BCUT2D eigenvalue weighted by atomic mass is 35.5. The van der Waals surface area contributed by atoms with Gasteiger partial charge in [0.25, 0.3) is 5.91 Å². The van der Waals surface area contributed by atoms with Gasteiger partial charge in [0.1, 0.15) is 0 Å². The lowest BCUT2D eigenvalue weighted by Gasteiger charge is -2.02. The lowest BCUT2D eigenvalue weighted by Crippen LogP contribution is -2.18. The van der Waals surface area contributed by atoms with Crippen LogP contribution in [0.25, 0.3) is 12.2 Å². The van der Waals surface area contributed by atoms with Gasteiger partial charge >= 0.3 is 0 Å². The smallest absolute Gasteiger partial charge is 0.267 e. The van der Waals surface area contributed by atoms with Gasteiger partial charge in [-0.15, -0.1) is 0 Å². The van der Waals surface area contributed by atoms with Crippen LogP contribution in [-0.2, 0) is 0 Å². The Morgan fingerprint density at radius 2 is 1.36 bits per heavy atom. The molecular formula is C24H19ClN2O. The monoisotopic (exact) mass is 386 g/mol. The fourth-order valence-corrected chi connectivity index (χ4v) is 2.62. The van der Waals surface area contributed by atoms with E-state index in [1.54, 1.807) is 24.3 Å². The molecule has 4 heteroatoms. The molecule has 0 heterocycles. The molecule has 0 bridgehead atoms. The Morgan fingerprint density at radius 3 is 1.89 bits per heavy atom. The summed E-state index contributed by atoms with van der Waals surface area (Å²) in [4.78, 5) is 12.3. The number of halogens is 1. The van der Waals surface area contributed by atoms with E-state index < -0.39 is 0 Å². The van der Waals surface area contributed by atoms with Crippen molar-refractivity contribution >= 4 is 35.4 Å². The number of allylic oxidation sites excluding steroid dienone is 2. The predicted octanol–water partition coefficient (Wildman–Crippen LogP) is 5.85. The molecule has 0 aromatic heterocycles. The summed E-state index contributed by atoms with van der Waals surface area (Å²) in [5.74, 6) is -0.318. The fraction of sp³-hybridized carbons (Fsp3) is 0. The van der Waals surface area contributed by atoms with E-state index in [1.807, 2.05) is 85.0 Å². The van der Waals surface area contributed by atoms with Crippen molar-refractivity contribution in [2.45, 2.75) is 0 Å². The number of nitrogens with one attached hydrogen (secondary N) is 1. The molecule has 3 rings (SSSR count). The van der Waals surface area contributed by atoms with Crippen LogP contribution in [0.15, 0.2) is 102 Å². The first-order valence-electron chi connectivity index (χ1n) is 8.80. The van der Waals surface area contributed by atoms with Crippen LogP contribution in [0, 0.1) is 0 Å². The number of benzene rings is 3. The first-order valence-corrected chi connectivity index (χ1v) is 9.18. The quantitative estimate of drug-likeness (QED) is 0.419. The predicted molar refractivity (Wildman–Crippen MR) is 117 cm³/mol. The van der Waals surface area contributed by atoms with Crippen molar-refractivity contribution in [3.63, 3.8) is 0 Å². The summed E-state index contributed by atoms with van der Waals surface area (Å²) in [5, 5.41) is 4.76. The summed E-state index contributed by atoms with van der Waals surface area (Å²) in [7, 11) is 0. The molecule has 28 heavy (non-hydrogen) atoms. The number of amides is 1. The molecular weight excluding hydrogens is 368 g/mol. The van der Waals surface area contributed by atoms with Crippen molar-refractivity contribution in [2.24, 2.45) is 5.10 Å². The van der Waals surface area contributed by atoms with E-state index >= 15 is 0 Å². The maximum atomic E-state index is 12.3. The van der Waals surface area contributed by atoms with E-state index in [4.69, 9.17) is 11.6 Å². The van der Waals surface area contributed by atoms with Crippen molar-refractivity contribution in [1.29, 1.82) is 0 Å². The van der Waals surface area contributed by atoms with Crippen LogP contribution in [0.1, 0.15) is 21.5 Å². The fourth-order valence-electron chi connectivity index (χ4n) is 2.43. The molecule has 0 saturated heterocycles. The van der Waals surface area contributed by atoms with E-state index in [-0.39, 0.29) is 5.91 Å². The molecule has 138 valence electrons. The molecule has 3 aromatic rings. The van der Waals surface area contributed by atoms with E-state index in [9.17, 15) is 4.79 Å². The highest BCUT2D eigenvalue weighted by Gasteiger charge is 2.04. The first kappa shape index (κ1) is 19.3. The Balaban J connectivity index is 1.80. The van der Waals surface area contributed by atoms with Crippen LogP contribution in [0.5, 0.6) is 0 Å². The molecule has 0 spiro atoms. The van der Waals surface area contributed by atoms with Gasteiger partial charge in [-0.2, -0.15) is 5.10 Å². The maximum absolute atomic E-state index is 12.3. The van der Waals surface area contributed by atoms with Gasteiger partial charge in [-0.1, -0.05) is 90.5 Å². The van der Waals surface area contributed by atoms with Crippen LogP contribution in [0.4, 0.5) is 0 Å². The largest absolute Gasteiger partial charge is 0.271 e. The van der Waals surface area contributed by atoms with E-state index in [1.165, 1.54) is 0 Å². The Kier molecular flexibility index (Phi) is 6.94. The molecule has 1 amide bonds. The van der Waals surface area contributed by atoms with E-state index in [0.29, 0.717) is 16.3 Å². The summed E-state index contributed by atoms with van der Waals surface area (Å²) in [6, 6.07) is 26.5. The van der Waals surface area contributed by atoms with Gasteiger partial charge in [-0.3, -0.25) is 4.79 Å². The van der Waals surface area contributed by atoms with Crippen molar-refractivity contribution in [3.05, 3.63) is 119 Å². The molecule has 1 N–H and O–H groups in total. The summed E-state index contributed by atoms with van der Waals surface area (Å²) >= 11 is 5.95. The average molecular weight is 387 g/mol. The lowest BCUT2D eigenvalue weighted by atomic mass is 10.1. The van der Waals surface area contributed by atoms with Gasteiger partial charge in [-0.05, 0) is 41.5 Å². The van der Waals surface area contributed by atoms with Crippen molar-refractivity contribution < 1.29 is 4.79 Å². The molecule has 0 aliphatic rings. The van der Waals surface area contributed by atoms with Gasteiger partial charge in [0.15, 0.2) is 0 Å². The van der Waals surface area contributed by atoms with Gasteiger partial charge in [0.2, 0.25) is 0 Å². The third-order valence-corrected chi connectivity index (χ3v) is 4.10. The molecule has 0 atom stereocenters. The minimum atomic E-state index is -0.318. The number of hydrogen-bond acceptors (Lipinski definition) is 2. The molecule has 0 unspecified atom stereocenters. The molecule has 0 radical (unpaired) electrons. The zero-order chi connectivity index (χ0) is 19.6. The van der Waals surface area contributed by atoms with Gasteiger partial charge < -0.3 is 0 Å². The van der Waals surface area contributed by atoms with Crippen molar-refractivity contribution in [3.8, 4) is 0 Å². The zero-order valence-corrected chi connectivity index (χ0v) is 15.9. The lowest BCUT2D eigenvalue weighted by molar-refractivity contribution is 0.0955. The Hall–Kier alpha value is -3.43. The number of hydrogen-bond donors (Lipinski definition) is 1. The van der Waals surface area contributed by atoms with Crippen LogP contribution in [-0.4, -0.2) is 11.6 Å². The molecule has 3 aromatic carbocycles. The van der Waals surface area contributed by atoms with Gasteiger partial charge in [0, 0.05) is 10.6 Å². The highest BCUT2D eigenvalue weighted by Crippen LogP contribution is 2.10. The SMILES string of the molecule is O=C(NN=C(/C=C/c1ccccc1)/C=C/c1ccccc1)c1cccc(Cl)c1. The van der Waals surface area contributed by atoms with Crippen LogP contribution < -0.4 is 5.43 Å². The molecule has 0 fully saturated rings. The van der Waals surface area contributed by atoms with Crippen LogP contribution >= 0.6 is 11.6 Å². The van der Waals surface area contributed by atoms with Crippen molar-refractivity contribution in [2.75, 3.05) is 0 Å². The van der Waals surface area contributed by atoms with Gasteiger partial charge in [0.05, 0.1) is 5.71 Å². The zero-order valence-electron chi connectivity index (χ0n) is 15.1. The van der Waals surface area contributed by atoms with Crippen LogP contribution in [0.3, 0.4) is 0 Å². The third kappa shape index (κ3) is 6.08. The Bertz CT molecular complexity index is 958. The summed E-state index contributed by atoms with van der Waals surface area (Å²) < 4.78 is 0. The van der Waals surface area contributed by atoms with Crippen molar-refractivity contribution in [1.82, 2.24) is 5.43 Å². The van der Waals surface area contributed by atoms with E-state index in [0.717, 1.165) is 11.1 Å². The number of carbonyl (C=O) groups is 1. The normalized spacial score (nSPS) is 10.9. The van der Waals surface area contributed by atoms with Gasteiger partial charge in [-0.25, -0.2) is 5.43 Å². The highest BCUT2D eigenvalue weighted by molar-refractivity contribution is 6.31. The molecule has 3 nitrogen and oxygen atoms in total. The second-order valence-electron chi connectivity index (χ2n) is 5.98. The molecule has 0 aliphatic heterocycles. The second kappa shape index (κ2) is 10.0. The topological polar surface area (TPSA) is 41.5 Å². The van der Waals surface area contributed by atoms with E-state index in [2.05, 4.69) is 10.5 Å². The first-order chi connectivity index (χ1) is 13.7. The second-order valence-corrected chi connectivity index (χ2v) is 6.41. The minimum Gasteiger partial charge on any atom is -0.267 e. The summed E-state index contributed by atoms with van der Waals surface area (Å²) in [6.45, 7) is 0. The van der Waals surface area contributed by atoms with Crippen LogP contribution in [0.2, 0.25) is 5.02 Å². The molecule has 0 saturated carbocycles. The minimum absolute atomic E-state index is 0.318. The number of hydrazone groups is 1. The Morgan fingerprint density at radius 1 is 0.786 bits per heavy atom. The molecule has 0 aliphatic carbocycles. The summed E-state index contributed by atoms with van der Waals surface area (Å²) in [5.41, 5.74) is 5.75. The summed E-state index contributed by atoms with van der Waals surface area (Å²) in [6.07, 6.45) is 7.60. The Labute approximate surface area is 169 Å². The standard InChI is InChI=1S/C24H19ClN2O/c25-22-13-7-12-21(18-22)24(28)27-26-23(16-14-19-8-3-1-4-9-19)17-15-20-10-5-2-6-11-20/h1-18H,(H,27,28)/b16-14+,17-15+. The third-order valence-electron chi connectivity index (χ3n) is 3.87. The number of carbonyl (C=O) groups excluding carboxylic acids is 1.